The number of benzene rings is 1. The number of ether oxygens (including phenoxy) is 1. The number of aliphatic hydroxyl groups excluding tert-OH is 1. The minimum Gasteiger partial charge on any atom is -0.399 e. The third-order valence-corrected chi connectivity index (χ3v) is 3.88. The van der Waals surface area contributed by atoms with E-state index in [4.69, 9.17) is 15.6 Å². The van der Waals surface area contributed by atoms with Crippen molar-refractivity contribution in [2.75, 3.05) is 25.5 Å². The Kier molecular flexibility index (Phi) is 4.44. The van der Waals surface area contributed by atoms with Gasteiger partial charge in [-0.2, -0.15) is 0 Å². The van der Waals surface area contributed by atoms with Crippen LogP contribution >= 0.6 is 15.9 Å². The molecule has 0 radical (unpaired) electrons. The highest BCUT2D eigenvalue weighted by atomic mass is 79.9. The Morgan fingerprint density at radius 1 is 1.63 bits per heavy atom. The number of rotatable bonds is 2. The smallest absolute Gasteiger partial charge is 0.255 e. The number of nitrogens with zero attached hydrogens (tertiary/aromatic N) is 1. The molecule has 104 valence electrons. The van der Waals surface area contributed by atoms with E-state index >= 15 is 0 Å². The van der Waals surface area contributed by atoms with Gasteiger partial charge in [-0.15, -0.1) is 0 Å². The van der Waals surface area contributed by atoms with E-state index in [1.807, 2.05) is 6.92 Å². The molecule has 1 aromatic carbocycles. The highest BCUT2D eigenvalue weighted by Crippen LogP contribution is 2.23. The first-order valence-electron chi connectivity index (χ1n) is 6.11. The molecule has 0 bridgehead atoms. The molecule has 1 saturated heterocycles. The molecule has 19 heavy (non-hydrogen) atoms. The van der Waals surface area contributed by atoms with Crippen LogP contribution in [0.25, 0.3) is 0 Å². The Morgan fingerprint density at radius 3 is 3.05 bits per heavy atom. The molecule has 1 amide bonds. The average molecular weight is 329 g/mol. The fraction of sp³-hybridized carbons (Fsp3) is 0.462. The Bertz CT molecular complexity index is 481. The minimum absolute atomic E-state index is 0.0244. The summed E-state index contributed by atoms with van der Waals surface area (Å²) >= 11 is 3.37. The summed E-state index contributed by atoms with van der Waals surface area (Å²) in [7, 11) is 0. The van der Waals surface area contributed by atoms with Crippen molar-refractivity contribution in [3.05, 3.63) is 28.2 Å². The fourth-order valence-electron chi connectivity index (χ4n) is 2.07. The lowest BCUT2D eigenvalue weighted by atomic mass is 10.1. The Balaban J connectivity index is 2.24. The molecule has 0 spiro atoms. The van der Waals surface area contributed by atoms with Gasteiger partial charge in [-0.25, -0.2) is 0 Å². The molecule has 0 saturated carbocycles. The minimum atomic E-state index is -0.319. The largest absolute Gasteiger partial charge is 0.399 e. The number of nitrogen functional groups attached to an aromatic ring is 1. The summed E-state index contributed by atoms with van der Waals surface area (Å²) < 4.78 is 6.14. The first-order chi connectivity index (χ1) is 9.02. The van der Waals surface area contributed by atoms with Gasteiger partial charge in [0.25, 0.3) is 5.91 Å². The van der Waals surface area contributed by atoms with Crippen LogP contribution < -0.4 is 5.73 Å². The molecule has 6 heteroatoms. The van der Waals surface area contributed by atoms with Crippen molar-refractivity contribution in [1.29, 1.82) is 0 Å². The van der Waals surface area contributed by atoms with Gasteiger partial charge < -0.3 is 20.5 Å². The predicted octanol–water partition coefficient (Wildman–Crippen LogP) is 1.25. The maximum absolute atomic E-state index is 12.5. The number of anilines is 1. The summed E-state index contributed by atoms with van der Waals surface area (Å²) in [5, 5.41) is 9.15. The molecule has 2 unspecified atom stereocenters. The number of nitrogens with two attached hydrogens (primary N) is 1. The quantitative estimate of drug-likeness (QED) is 0.801. The molecule has 2 atom stereocenters. The number of aliphatic hydroxyl groups is 1. The Hall–Kier alpha value is -1.11. The number of carbonyl (C=O) groups excluding carboxylic acids is 1. The summed E-state index contributed by atoms with van der Waals surface area (Å²) in [6.07, 6.45) is -0.319. The van der Waals surface area contributed by atoms with Crippen LogP contribution in [0.1, 0.15) is 17.3 Å². The van der Waals surface area contributed by atoms with E-state index in [1.165, 1.54) is 0 Å². The third kappa shape index (κ3) is 3.08. The summed E-state index contributed by atoms with van der Waals surface area (Å²) in [6.45, 7) is 2.65. The molecule has 1 aliphatic rings. The Morgan fingerprint density at radius 2 is 2.37 bits per heavy atom. The van der Waals surface area contributed by atoms with Gasteiger partial charge in [0.2, 0.25) is 0 Å². The molecule has 5 nitrogen and oxygen atoms in total. The molecule has 1 fully saturated rings. The second-order valence-electron chi connectivity index (χ2n) is 4.68. The van der Waals surface area contributed by atoms with E-state index in [2.05, 4.69) is 15.9 Å². The highest BCUT2D eigenvalue weighted by Gasteiger charge is 2.30. The second kappa shape index (κ2) is 5.90. The van der Waals surface area contributed by atoms with E-state index in [0.29, 0.717) is 28.9 Å². The third-order valence-electron chi connectivity index (χ3n) is 3.19. The van der Waals surface area contributed by atoms with Crippen LogP contribution in [-0.4, -0.2) is 47.8 Å². The van der Waals surface area contributed by atoms with Crippen molar-refractivity contribution in [3.63, 3.8) is 0 Å². The lowest BCUT2D eigenvalue weighted by Crippen LogP contribution is -2.52. The number of halogens is 1. The number of hydrogen-bond donors (Lipinski definition) is 2. The van der Waals surface area contributed by atoms with Gasteiger partial charge in [-0.1, -0.05) is 0 Å². The van der Waals surface area contributed by atoms with E-state index in [-0.39, 0.29) is 24.7 Å². The van der Waals surface area contributed by atoms with Gasteiger partial charge in [0.15, 0.2) is 0 Å². The van der Waals surface area contributed by atoms with Crippen LogP contribution in [-0.2, 0) is 4.74 Å². The van der Waals surface area contributed by atoms with Crippen LogP contribution in [0.4, 0.5) is 5.69 Å². The maximum atomic E-state index is 12.5. The topological polar surface area (TPSA) is 75.8 Å². The van der Waals surface area contributed by atoms with E-state index in [0.717, 1.165) is 0 Å². The normalized spacial score (nSPS) is 23.4. The summed E-state index contributed by atoms with van der Waals surface area (Å²) in [5.41, 5.74) is 6.81. The lowest BCUT2D eigenvalue weighted by Gasteiger charge is -2.37. The number of amides is 1. The van der Waals surface area contributed by atoms with Gasteiger partial charge in [-0.05, 0) is 41.1 Å². The highest BCUT2D eigenvalue weighted by molar-refractivity contribution is 9.10. The summed E-state index contributed by atoms with van der Waals surface area (Å²) in [5.74, 6) is -0.103. The van der Waals surface area contributed by atoms with Crippen molar-refractivity contribution in [1.82, 2.24) is 4.90 Å². The van der Waals surface area contributed by atoms with Crippen LogP contribution in [0, 0.1) is 0 Å². The van der Waals surface area contributed by atoms with Gasteiger partial charge in [-0.3, -0.25) is 4.79 Å². The number of morpholine rings is 1. The first kappa shape index (κ1) is 14.3. The maximum Gasteiger partial charge on any atom is 0.255 e. The predicted molar refractivity (Wildman–Crippen MR) is 75.9 cm³/mol. The van der Waals surface area contributed by atoms with Crippen molar-refractivity contribution in [2.45, 2.75) is 19.1 Å². The van der Waals surface area contributed by atoms with E-state index < -0.39 is 0 Å². The standard InChI is InChI=1S/C13H17BrN2O3/c1-8-7-19-10(6-17)5-16(8)13(18)11-4-9(15)2-3-12(11)14/h2-4,8,10,17H,5-7,15H2,1H3. The van der Waals surface area contributed by atoms with Crippen LogP contribution in [0.15, 0.2) is 22.7 Å². The Labute approximate surface area is 120 Å². The number of carbonyl (C=O) groups is 1. The molecule has 2 rings (SSSR count). The van der Waals surface area contributed by atoms with Gasteiger partial charge in [0.1, 0.15) is 0 Å². The first-order valence-corrected chi connectivity index (χ1v) is 6.90. The zero-order valence-electron chi connectivity index (χ0n) is 10.7. The van der Waals surface area contributed by atoms with Gasteiger partial charge in [0, 0.05) is 16.7 Å². The monoisotopic (exact) mass is 328 g/mol. The molecule has 0 aromatic heterocycles. The van der Waals surface area contributed by atoms with Gasteiger partial charge >= 0.3 is 0 Å². The number of hydrogen-bond acceptors (Lipinski definition) is 4. The van der Waals surface area contributed by atoms with E-state index in [9.17, 15) is 4.79 Å². The summed E-state index contributed by atoms with van der Waals surface area (Å²) in [4.78, 5) is 14.3. The van der Waals surface area contributed by atoms with Crippen LogP contribution in [0.3, 0.4) is 0 Å². The van der Waals surface area contributed by atoms with Gasteiger partial charge in [0.05, 0.1) is 30.9 Å². The molecule has 1 aliphatic heterocycles. The van der Waals surface area contributed by atoms with Crippen molar-refractivity contribution in [2.24, 2.45) is 0 Å². The molecule has 0 aliphatic carbocycles. The summed E-state index contributed by atoms with van der Waals surface area (Å²) in [6, 6.07) is 5.13. The zero-order valence-corrected chi connectivity index (χ0v) is 12.3. The lowest BCUT2D eigenvalue weighted by molar-refractivity contribution is -0.0667. The molecule has 1 aromatic rings. The van der Waals surface area contributed by atoms with Crippen molar-refractivity contribution in [3.8, 4) is 0 Å². The molecule has 3 N–H and O–H groups in total. The molecular weight excluding hydrogens is 312 g/mol. The fourth-order valence-corrected chi connectivity index (χ4v) is 2.49. The van der Waals surface area contributed by atoms with Crippen LogP contribution in [0.5, 0.6) is 0 Å². The molecular formula is C13H17BrN2O3. The van der Waals surface area contributed by atoms with E-state index in [1.54, 1.807) is 23.1 Å². The molecule has 1 heterocycles. The average Bonchev–Trinajstić information content (AvgIpc) is 2.41. The SMILES string of the molecule is CC1COC(CO)CN1C(=O)c1cc(N)ccc1Br. The van der Waals surface area contributed by atoms with Crippen molar-refractivity contribution >= 4 is 27.5 Å². The second-order valence-corrected chi connectivity index (χ2v) is 5.54. The van der Waals surface area contributed by atoms with Crippen molar-refractivity contribution < 1.29 is 14.6 Å². The van der Waals surface area contributed by atoms with Crippen LogP contribution in [0.2, 0.25) is 0 Å². The zero-order chi connectivity index (χ0) is 14.0.